The van der Waals surface area contributed by atoms with E-state index < -0.39 is 17.4 Å². The summed E-state index contributed by atoms with van der Waals surface area (Å²) in [7, 11) is 0. The Kier molecular flexibility index (Phi) is 4.80. The van der Waals surface area contributed by atoms with E-state index in [1.807, 2.05) is 12.1 Å². The molecule has 3 heterocycles. The summed E-state index contributed by atoms with van der Waals surface area (Å²) in [6.07, 6.45) is 1.66. The molecule has 6 rings (SSSR count). The van der Waals surface area contributed by atoms with Gasteiger partial charge < -0.3 is 15.4 Å². The number of aromatic amines is 1. The van der Waals surface area contributed by atoms with Gasteiger partial charge in [0.05, 0.1) is 21.7 Å². The number of pyridine rings is 1. The summed E-state index contributed by atoms with van der Waals surface area (Å²) in [5.74, 6) is -0.253. The van der Waals surface area contributed by atoms with Gasteiger partial charge in [-0.2, -0.15) is 0 Å². The van der Waals surface area contributed by atoms with E-state index in [0.717, 1.165) is 4.90 Å². The number of H-pyrrole nitrogens is 1. The van der Waals surface area contributed by atoms with Crippen LogP contribution in [0.3, 0.4) is 0 Å². The topological polar surface area (TPSA) is 94.1 Å². The number of carbonyl (C=O) groups is 1. The highest BCUT2D eigenvalue weighted by molar-refractivity contribution is 6.31. The van der Waals surface area contributed by atoms with Crippen LogP contribution in [0.25, 0.3) is 11.0 Å². The number of rotatable bonds is 4. The Hall–Kier alpha value is -4.27. The number of imidazole rings is 1. The SMILES string of the molecule is O=C1c2ccccc2C(O)(c2ccc3nc(Nc4ccccn4)[nH]c3c2)N1c1cccc(Cl)c1F. The van der Waals surface area contributed by atoms with E-state index in [1.165, 1.54) is 18.2 Å². The van der Waals surface area contributed by atoms with Crippen LogP contribution in [0.15, 0.2) is 85.1 Å². The second-order valence-corrected chi connectivity index (χ2v) is 8.50. The average molecular weight is 486 g/mol. The quantitative estimate of drug-likeness (QED) is 0.319. The number of amides is 1. The predicted octanol–water partition coefficient (Wildman–Crippen LogP) is 5.35. The number of fused-ring (bicyclic) bond motifs is 2. The average Bonchev–Trinajstić information content (AvgIpc) is 3.38. The molecule has 1 amide bonds. The summed E-state index contributed by atoms with van der Waals surface area (Å²) in [5, 5.41) is 15.1. The van der Waals surface area contributed by atoms with E-state index in [-0.39, 0.29) is 16.3 Å². The maximum atomic E-state index is 15.1. The molecule has 1 aliphatic heterocycles. The maximum absolute atomic E-state index is 15.1. The smallest absolute Gasteiger partial charge is 0.261 e. The molecule has 0 spiro atoms. The second-order valence-electron chi connectivity index (χ2n) is 8.09. The summed E-state index contributed by atoms with van der Waals surface area (Å²) in [6, 6.07) is 21.6. The minimum absolute atomic E-state index is 0.122. The van der Waals surface area contributed by atoms with Crippen molar-refractivity contribution in [2.24, 2.45) is 0 Å². The lowest BCUT2D eigenvalue weighted by atomic mass is 9.93. The molecule has 3 aromatic carbocycles. The molecular weight excluding hydrogens is 469 g/mol. The summed E-state index contributed by atoms with van der Waals surface area (Å²) < 4.78 is 15.1. The molecule has 0 radical (unpaired) electrons. The number of carbonyl (C=O) groups excluding carboxylic acids is 1. The predicted molar refractivity (Wildman–Crippen MR) is 131 cm³/mol. The molecule has 0 bridgehead atoms. The number of hydrogen-bond donors (Lipinski definition) is 3. The molecule has 7 nitrogen and oxygen atoms in total. The Morgan fingerprint density at radius 1 is 1.03 bits per heavy atom. The van der Waals surface area contributed by atoms with Gasteiger partial charge in [-0.15, -0.1) is 0 Å². The van der Waals surface area contributed by atoms with Crippen molar-refractivity contribution in [2.45, 2.75) is 5.72 Å². The first-order valence-electron chi connectivity index (χ1n) is 10.8. The van der Waals surface area contributed by atoms with E-state index in [1.54, 1.807) is 54.7 Å². The summed E-state index contributed by atoms with van der Waals surface area (Å²) in [6.45, 7) is 0. The summed E-state index contributed by atoms with van der Waals surface area (Å²) in [5.41, 5.74) is 0.116. The highest BCUT2D eigenvalue weighted by Crippen LogP contribution is 2.46. The standard InChI is InChI=1S/C26H17ClFN5O2/c27-18-8-5-9-21(23(18)28)33-24(34)16-6-1-2-7-17(16)26(33,35)15-11-12-19-20(14-15)31-25(30-19)32-22-10-3-4-13-29-22/h1-14,35H,(H2,29,30,31,32). The fourth-order valence-electron chi connectivity index (χ4n) is 4.44. The van der Waals surface area contributed by atoms with Gasteiger partial charge in [0.1, 0.15) is 5.82 Å². The molecule has 0 saturated carbocycles. The van der Waals surface area contributed by atoms with Crippen LogP contribution in [0.4, 0.5) is 21.8 Å². The van der Waals surface area contributed by atoms with Crippen LogP contribution in [0.1, 0.15) is 21.5 Å². The van der Waals surface area contributed by atoms with E-state index >= 15 is 4.39 Å². The highest BCUT2D eigenvalue weighted by atomic mass is 35.5. The second kappa shape index (κ2) is 7.90. The fourth-order valence-corrected chi connectivity index (χ4v) is 4.61. The zero-order chi connectivity index (χ0) is 24.2. The first-order valence-corrected chi connectivity index (χ1v) is 11.1. The first kappa shape index (κ1) is 21.3. The van der Waals surface area contributed by atoms with Gasteiger partial charge in [-0.1, -0.05) is 48.0 Å². The largest absolute Gasteiger partial charge is 0.363 e. The van der Waals surface area contributed by atoms with E-state index in [4.69, 9.17) is 11.6 Å². The fraction of sp³-hybridized carbons (Fsp3) is 0.0385. The highest BCUT2D eigenvalue weighted by Gasteiger charge is 2.51. The van der Waals surface area contributed by atoms with Crippen LogP contribution >= 0.6 is 11.6 Å². The van der Waals surface area contributed by atoms with Crippen LogP contribution in [0.2, 0.25) is 5.02 Å². The third kappa shape index (κ3) is 3.26. The molecule has 35 heavy (non-hydrogen) atoms. The zero-order valence-corrected chi connectivity index (χ0v) is 18.8. The van der Waals surface area contributed by atoms with Gasteiger partial charge in [-0.25, -0.2) is 14.4 Å². The molecule has 2 aromatic heterocycles. The van der Waals surface area contributed by atoms with Crippen molar-refractivity contribution < 1.29 is 14.3 Å². The van der Waals surface area contributed by atoms with Gasteiger partial charge in [0.15, 0.2) is 11.5 Å². The monoisotopic (exact) mass is 485 g/mol. The number of nitrogens with one attached hydrogen (secondary N) is 2. The van der Waals surface area contributed by atoms with Crippen LogP contribution in [-0.4, -0.2) is 26.0 Å². The number of aliphatic hydroxyl groups is 1. The number of halogens is 2. The van der Waals surface area contributed by atoms with Gasteiger partial charge in [0.2, 0.25) is 5.95 Å². The first-order chi connectivity index (χ1) is 17.0. The van der Waals surface area contributed by atoms with Crippen LogP contribution in [0.5, 0.6) is 0 Å². The van der Waals surface area contributed by atoms with Gasteiger partial charge in [0.25, 0.3) is 5.91 Å². The molecule has 1 unspecified atom stereocenters. The number of hydrogen-bond acceptors (Lipinski definition) is 5. The normalized spacial score (nSPS) is 17.1. The summed E-state index contributed by atoms with van der Waals surface area (Å²) in [4.78, 5) is 26.4. The van der Waals surface area contributed by atoms with E-state index in [0.29, 0.717) is 33.9 Å². The Morgan fingerprint density at radius 2 is 1.86 bits per heavy atom. The van der Waals surface area contributed by atoms with Crippen molar-refractivity contribution in [3.05, 3.63) is 113 Å². The van der Waals surface area contributed by atoms with Crippen LogP contribution in [-0.2, 0) is 5.72 Å². The minimum atomic E-state index is -1.98. The molecule has 0 aliphatic carbocycles. The molecule has 3 N–H and O–H groups in total. The molecule has 1 atom stereocenters. The van der Waals surface area contributed by atoms with Gasteiger partial charge in [-0.05, 0) is 42.5 Å². The number of nitrogens with zero attached hydrogens (tertiary/aromatic N) is 3. The van der Waals surface area contributed by atoms with Crippen LogP contribution < -0.4 is 10.2 Å². The minimum Gasteiger partial charge on any atom is -0.363 e. The Balaban J connectivity index is 1.50. The molecule has 0 saturated heterocycles. The van der Waals surface area contributed by atoms with Crippen LogP contribution in [0, 0.1) is 5.82 Å². The van der Waals surface area contributed by atoms with E-state index in [2.05, 4.69) is 20.3 Å². The van der Waals surface area contributed by atoms with Crippen molar-refractivity contribution in [3.8, 4) is 0 Å². The lowest BCUT2D eigenvalue weighted by Gasteiger charge is -2.35. The number of benzene rings is 3. The van der Waals surface area contributed by atoms with E-state index in [9.17, 15) is 9.90 Å². The molecule has 1 aliphatic rings. The van der Waals surface area contributed by atoms with Crippen molar-refractivity contribution >= 4 is 46.0 Å². The Morgan fingerprint density at radius 3 is 2.69 bits per heavy atom. The van der Waals surface area contributed by atoms with Gasteiger partial charge in [-0.3, -0.25) is 9.69 Å². The molecule has 0 fully saturated rings. The van der Waals surface area contributed by atoms with Gasteiger partial charge >= 0.3 is 0 Å². The maximum Gasteiger partial charge on any atom is 0.261 e. The molecule has 172 valence electrons. The van der Waals surface area contributed by atoms with Gasteiger partial charge in [0, 0.05) is 22.9 Å². The number of aromatic nitrogens is 3. The Bertz CT molecular complexity index is 1610. The molecular formula is C26H17ClFN5O2. The third-order valence-corrected chi connectivity index (χ3v) is 6.32. The lowest BCUT2D eigenvalue weighted by Crippen LogP contribution is -2.45. The third-order valence-electron chi connectivity index (χ3n) is 6.03. The van der Waals surface area contributed by atoms with Crippen molar-refractivity contribution in [3.63, 3.8) is 0 Å². The molecule has 9 heteroatoms. The molecule has 5 aromatic rings. The lowest BCUT2D eigenvalue weighted by molar-refractivity contribution is 0.0699. The van der Waals surface area contributed by atoms with Crippen molar-refractivity contribution in [1.29, 1.82) is 0 Å². The summed E-state index contributed by atoms with van der Waals surface area (Å²) >= 11 is 6.02. The number of anilines is 3. The van der Waals surface area contributed by atoms with Crippen molar-refractivity contribution in [2.75, 3.05) is 10.2 Å². The van der Waals surface area contributed by atoms with Crippen molar-refractivity contribution in [1.82, 2.24) is 15.0 Å². The zero-order valence-electron chi connectivity index (χ0n) is 18.0. The Labute approximate surface area is 203 Å².